The minimum atomic E-state index is 0.337. The topological polar surface area (TPSA) is 47.5 Å². The van der Waals surface area contributed by atoms with Gasteiger partial charge in [0.25, 0.3) is 0 Å². The summed E-state index contributed by atoms with van der Waals surface area (Å²) >= 11 is 6.37. The SMILES string of the molecule is COc1ccc2c(N3CCC4OCCC43)ncnc2c1Cl. The first-order chi connectivity index (χ1) is 10.3. The Balaban J connectivity index is 1.84. The van der Waals surface area contributed by atoms with E-state index in [0.717, 1.165) is 42.7 Å². The molecule has 1 aromatic heterocycles. The van der Waals surface area contributed by atoms with Gasteiger partial charge in [-0.2, -0.15) is 0 Å². The number of fused-ring (bicyclic) bond motifs is 2. The fourth-order valence-corrected chi connectivity index (χ4v) is 3.71. The lowest BCUT2D eigenvalue weighted by Gasteiger charge is -2.25. The molecular formula is C15H16ClN3O2. The molecule has 0 aliphatic carbocycles. The van der Waals surface area contributed by atoms with Crippen LogP contribution in [0.1, 0.15) is 12.8 Å². The molecule has 110 valence electrons. The van der Waals surface area contributed by atoms with Gasteiger partial charge in [-0.25, -0.2) is 9.97 Å². The maximum atomic E-state index is 6.37. The van der Waals surface area contributed by atoms with Crippen molar-refractivity contribution in [2.45, 2.75) is 25.0 Å². The van der Waals surface area contributed by atoms with E-state index in [1.165, 1.54) is 0 Å². The van der Waals surface area contributed by atoms with E-state index >= 15 is 0 Å². The van der Waals surface area contributed by atoms with Gasteiger partial charge in [-0.3, -0.25) is 0 Å². The molecule has 4 rings (SSSR count). The molecule has 2 aliphatic heterocycles. The molecule has 3 heterocycles. The maximum absolute atomic E-state index is 6.37. The maximum Gasteiger partial charge on any atom is 0.140 e. The monoisotopic (exact) mass is 305 g/mol. The molecule has 21 heavy (non-hydrogen) atoms. The van der Waals surface area contributed by atoms with Gasteiger partial charge in [0.05, 0.1) is 24.8 Å². The molecule has 0 amide bonds. The van der Waals surface area contributed by atoms with Gasteiger partial charge in [-0.15, -0.1) is 0 Å². The third-order valence-corrected chi connectivity index (χ3v) is 4.78. The van der Waals surface area contributed by atoms with Gasteiger partial charge in [-0.1, -0.05) is 11.6 Å². The van der Waals surface area contributed by atoms with Gasteiger partial charge in [0.15, 0.2) is 0 Å². The molecule has 2 unspecified atom stereocenters. The van der Waals surface area contributed by atoms with E-state index in [0.29, 0.717) is 22.9 Å². The van der Waals surface area contributed by atoms with Crippen molar-refractivity contribution < 1.29 is 9.47 Å². The number of hydrogen-bond acceptors (Lipinski definition) is 5. The number of anilines is 1. The number of rotatable bonds is 2. The lowest BCUT2D eigenvalue weighted by atomic mass is 10.1. The minimum absolute atomic E-state index is 0.337. The van der Waals surface area contributed by atoms with Gasteiger partial charge < -0.3 is 14.4 Å². The first-order valence-corrected chi connectivity index (χ1v) is 7.53. The summed E-state index contributed by atoms with van der Waals surface area (Å²) in [7, 11) is 1.61. The van der Waals surface area contributed by atoms with Crippen LogP contribution in [-0.2, 0) is 4.74 Å². The second kappa shape index (κ2) is 5.00. The van der Waals surface area contributed by atoms with Crippen LogP contribution in [0.15, 0.2) is 18.5 Å². The van der Waals surface area contributed by atoms with Crippen molar-refractivity contribution in [3.05, 3.63) is 23.5 Å². The van der Waals surface area contributed by atoms with Crippen LogP contribution in [0.2, 0.25) is 5.02 Å². The number of methoxy groups -OCH3 is 1. The molecule has 2 atom stereocenters. The second-order valence-electron chi connectivity index (χ2n) is 5.42. The van der Waals surface area contributed by atoms with Crippen LogP contribution >= 0.6 is 11.6 Å². The summed E-state index contributed by atoms with van der Waals surface area (Å²) in [6, 6.07) is 4.28. The summed E-state index contributed by atoms with van der Waals surface area (Å²) in [4.78, 5) is 11.2. The highest BCUT2D eigenvalue weighted by Gasteiger charge is 2.39. The van der Waals surface area contributed by atoms with Crippen molar-refractivity contribution in [3.63, 3.8) is 0 Å². The molecule has 0 bridgehead atoms. The first kappa shape index (κ1) is 13.1. The smallest absolute Gasteiger partial charge is 0.140 e. The molecule has 2 saturated heterocycles. The fraction of sp³-hybridized carbons (Fsp3) is 0.467. The second-order valence-corrected chi connectivity index (χ2v) is 5.80. The van der Waals surface area contributed by atoms with Crippen LogP contribution < -0.4 is 9.64 Å². The summed E-state index contributed by atoms with van der Waals surface area (Å²) in [5, 5.41) is 1.51. The first-order valence-electron chi connectivity index (χ1n) is 7.15. The Hall–Kier alpha value is -1.59. The highest BCUT2D eigenvalue weighted by molar-refractivity contribution is 6.36. The van der Waals surface area contributed by atoms with E-state index in [-0.39, 0.29) is 0 Å². The average Bonchev–Trinajstić information content (AvgIpc) is 3.10. The Morgan fingerprint density at radius 1 is 1.33 bits per heavy atom. The molecule has 0 radical (unpaired) electrons. The highest BCUT2D eigenvalue weighted by atomic mass is 35.5. The zero-order valence-electron chi connectivity index (χ0n) is 11.8. The van der Waals surface area contributed by atoms with Crippen LogP contribution in [-0.4, -0.2) is 42.4 Å². The predicted molar refractivity (Wildman–Crippen MR) is 81.2 cm³/mol. The van der Waals surface area contributed by atoms with E-state index in [2.05, 4.69) is 14.9 Å². The number of aromatic nitrogens is 2. The van der Waals surface area contributed by atoms with Crippen molar-refractivity contribution in [1.29, 1.82) is 0 Å². The Labute approximate surface area is 127 Å². The zero-order chi connectivity index (χ0) is 14.4. The molecule has 0 N–H and O–H groups in total. The van der Waals surface area contributed by atoms with E-state index in [1.54, 1.807) is 13.4 Å². The number of hydrogen-bond donors (Lipinski definition) is 0. The summed E-state index contributed by atoms with van der Waals surface area (Å²) in [5.74, 6) is 1.58. The molecule has 0 saturated carbocycles. The number of benzene rings is 1. The number of ether oxygens (including phenoxy) is 2. The van der Waals surface area contributed by atoms with Crippen molar-refractivity contribution in [3.8, 4) is 5.75 Å². The van der Waals surface area contributed by atoms with E-state index < -0.39 is 0 Å². The zero-order valence-corrected chi connectivity index (χ0v) is 12.5. The normalized spacial score (nSPS) is 24.6. The Bertz CT molecular complexity index is 694. The molecule has 1 aromatic carbocycles. The largest absolute Gasteiger partial charge is 0.495 e. The highest BCUT2D eigenvalue weighted by Crippen LogP contribution is 2.38. The molecular weight excluding hydrogens is 290 g/mol. The van der Waals surface area contributed by atoms with Gasteiger partial charge >= 0.3 is 0 Å². The summed E-state index contributed by atoms with van der Waals surface area (Å²) in [6.45, 7) is 1.80. The summed E-state index contributed by atoms with van der Waals surface area (Å²) in [5.41, 5.74) is 0.739. The van der Waals surface area contributed by atoms with Gasteiger partial charge in [-0.05, 0) is 25.0 Å². The van der Waals surface area contributed by atoms with Crippen LogP contribution in [0.3, 0.4) is 0 Å². The lowest BCUT2D eigenvalue weighted by molar-refractivity contribution is 0.113. The average molecular weight is 306 g/mol. The molecule has 0 spiro atoms. The lowest BCUT2D eigenvalue weighted by Crippen LogP contribution is -2.32. The molecule has 6 heteroatoms. The van der Waals surface area contributed by atoms with Crippen molar-refractivity contribution in [1.82, 2.24) is 9.97 Å². The Morgan fingerprint density at radius 3 is 3.10 bits per heavy atom. The fourth-order valence-electron chi connectivity index (χ4n) is 3.41. The number of nitrogens with zero attached hydrogens (tertiary/aromatic N) is 3. The summed E-state index contributed by atoms with van der Waals surface area (Å²) < 4.78 is 11.0. The van der Waals surface area contributed by atoms with Crippen LogP contribution in [0.5, 0.6) is 5.75 Å². The van der Waals surface area contributed by atoms with Gasteiger partial charge in [0.1, 0.15) is 22.9 Å². The Morgan fingerprint density at radius 2 is 2.24 bits per heavy atom. The van der Waals surface area contributed by atoms with E-state index in [9.17, 15) is 0 Å². The third kappa shape index (κ3) is 1.95. The van der Waals surface area contributed by atoms with Crippen LogP contribution in [0.4, 0.5) is 5.82 Å². The van der Waals surface area contributed by atoms with Crippen LogP contribution in [0, 0.1) is 0 Å². The standard InChI is InChI=1S/C15H16ClN3O2/c1-20-12-3-2-9-14(13(12)16)17-8-18-15(9)19-6-4-11-10(19)5-7-21-11/h2-3,8,10-11H,4-7H2,1H3. The number of halogens is 1. The van der Waals surface area contributed by atoms with E-state index in [4.69, 9.17) is 21.1 Å². The van der Waals surface area contributed by atoms with Crippen molar-refractivity contribution >= 4 is 28.3 Å². The molecule has 5 nitrogen and oxygen atoms in total. The summed E-state index contributed by atoms with van der Waals surface area (Å²) in [6.07, 6.45) is 4.02. The predicted octanol–water partition coefficient (Wildman–Crippen LogP) is 2.66. The quantitative estimate of drug-likeness (QED) is 0.853. The van der Waals surface area contributed by atoms with Crippen molar-refractivity contribution in [2.75, 3.05) is 25.2 Å². The molecule has 2 aliphatic rings. The van der Waals surface area contributed by atoms with Crippen LogP contribution in [0.25, 0.3) is 10.9 Å². The minimum Gasteiger partial charge on any atom is -0.495 e. The van der Waals surface area contributed by atoms with Gasteiger partial charge in [0, 0.05) is 18.5 Å². The third-order valence-electron chi connectivity index (χ3n) is 4.41. The van der Waals surface area contributed by atoms with Gasteiger partial charge in [0.2, 0.25) is 0 Å². The van der Waals surface area contributed by atoms with Crippen molar-refractivity contribution in [2.24, 2.45) is 0 Å². The molecule has 2 aromatic rings. The van der Waals surface area contributed by atoms with E-state index in [1.807, 2.05) is 12.1 Å². The Kier molecular flexibility index (Phi) is 3.12. The molecule has 2 fully saturated rings.